The van der Waals surface area contributed by atoms with Crippen LogP contribution in [0.3, 0.4) is 0 Å². The van der Waals surface area contributed by atoms with Gasteiger partial charge >= 0.3 is 0 Å². The van der Waals surface area contributed by atoms with E-state index in [1.807, 2.05) is 36.4 Å². The SMILES string of the molecule is COc1ccc2nc(C(=O)c3ccccc3)sc2c1. The van der Waals surface area contributed by atoms with Gasteiger partial charge in [-0.15, -0.1) is 11.3 Å². The van der Waals surface area contributed by atoms with Gasteiger partial charge in [0.05, 0.1) is 17.3 Å². The van der Waals surface area contributed by atoms with E-state index in [1.54, 1.807) is 19.2 Å². The van der Waals surface area contributed by atoms with Crippen LogP contribution < -0.4 is 4.74 Å². The summed E-state index contributed by atoms with van der Waals surface area (Å²) in [5.41, 5.74) is 1.48. The summed E-state index contributed by atoms with van der Waals surface area (Å²) in [4.78, 5) is 16.7. The summed E-state index contributed by atoms with van der Waals surface area (Å²) in [5, 5.41) is 0.509. The van der Waals surface area contributed by atoms with Gasteiger partial charge in [-0.05, 0) is 18.2 Å². The molecule has 0 fully saturated rings. The molecule has 0 bridgehead atoms. The normalized spacial score (nSPS) is 10.6. The highest BCUT2D eigenvalue weighted by molar-refractivity contribution is 7.20. The predicted molar refractivity (Wildman–Crippen MR) is 76.0 cm³/mol. The molecule has 0 aliphatic heterocycles. The molecule has 2 aromatic carbocycles. The van der Waals surface area contributed by atoms with Crippen LogP contribution in [-0.2, 0) is 0 Å². The minimum Gasteiger partial charge on any atom is -0.497 e. The highest BCUT2D eigenvalue weighted by Crippen LogP contribution is 2.27. The lowest BCUT2D eigenvalue weighted by molar-refractivity contribution is 0.103. The average molecular weight is 269 g/mol. The Morgan fingerprint density at radius 3 is 2.68 bits per heavy atom. The Bertz CT molecular complexity index is 734. The molecule has 94 valence electrons. The third-order valence-electron chi connectivity index (χ3n) is 2.83. The van der Waals surface area contributed by atoms with Gasteiger partial charge in [0.1, 0.15) is 5.75 Å². The summed E-state index contributed by atoms with van der Waals surface area (Å²) >= 11 is 1.39. The van der Waals surface area contributed by atoms with E-state index in [4.69, 9.17) is 4.74 Å². The fourth-order valence-corrected chi connectivity index (χ4v) is 2.80. The number of benzene rings is 2. The van der Waals surface area contributed by atoms with Gasteiger partial charge in [0.15, 0.2) is 5.01 Å². The molecular weight excluding hydrogens is 258 g/mol. The lowest BCUT2D eigenvalue weighted by Gasteiger charge is -1.96. The van der Waals surface area contributed by atoms with Crippen molar-refractivity contribution in [3.05, 3.63) is 59.1 Å². The first-order valence-electron chi connectivity index (χ1n) is 5.82. The van der Waals surface area contributed by atoms with Crippen molar-refractivity contribution in [3.63, 3.8) is 0 Å². The van der Waals surface area contributed by atoms with Gasteiger partial charge in [0.2, 0.25) is 5.78 Å². The zero-order valence-electron chi connectivity index (χ0n) is 10.3. The number of carbonyl (C=O) groups is 1. The Balaban J connectivity index is 2.04. The molecule has 0 atom stereocenters. The molecule has 1 heterocycles. The van der Waals surface area contributed by atoms with Crippen LogP contribution in [0.1, 0.15) is 15.4 Å². The minimum atomic E-state index is -0.0410. The zero-order valence-corrected chi connectivity index (χ0v) is 11.1. The van der Waals surface area contributed by atoms with Gasteiger partial charge in [-0.1, -0.05) is 30.3 Å². The van der Waals surface area contributed by atoms with Crippen molar-refractivity contribution in [1.82, 2.24) is 4.98 Å². The van der Waals surface area contributed by atoms with Gasteiger partial charge in [-0.2, -0.15) is 0 Å². The van der Waals surface area contributed by atoms with Crippen molar-refractivity contribution in [2.24, 2.45) is 0 Å². The Labute approximate surface area is 114 Å². The number of nitrogens with zero attached hydrogens (tertiary/aromatic N) is 1. The Morgan fingerprint density at radius 1 is 1.16 bits per heavy atom. The fraction of sp³-hybridized carbons (Fsp3) is 0.0667. The molecule has 3 nitrogen and oxygen atoms in total. The van der Waals surface area contributed by atoms with E-state index in [0.29, 0.717) is 10.6 Å². The standard InChI is InChI=1S/C15H11NO2S/c1-18-11-7-8-12-13(9-11)19-15(16-12)14(17)10-5-3-2-4-6-10/h2-9H,1H3. The van der Waals surface area contributed by atoms with Crippen LogP contribution in [0.5, 0.6) is 5.75 Å². The van der Waals surface area contributed by atoms with Crippen LogP contribution in [0.25, 0.3) is 10.2 Å². The molecule has 1 aromatic heterocycles. The Morgan fingerprint density at radius 2 is 1.95 bits per heavy atom. The minimum absolute atomic E-state index is 0.0410. The van der Waals surface area contributed by atoms with Crippen LogP contribution in [0.4, 0.5) is 0 Å². The first-order chi connectivity index (χ1) is 9.28. The van der Waals surface area contributed by atoms with E-state index in [9.17, 15) is 4.79 Å². The van der Waals surface area contributed by atoms with E-state index in [-0.39, 0.29) is 5.78 Å². The third kappa shape index (κ3) is 2.22. The second-order valence-electron chi connectivity index (χ2n) is 4.05. The molecule has 3 aromatic rings. The number of fused-ring (bicyclic) bond motifs is 1. The number of ketones is 1. The number of carbonyl (C=O) groups excluding carboxylic acids is 1. The number of hydrogen-bond donors (Lipinski definition) is 0. The number of methoxy groups -OCH3 is 1. The molecular formula is C15H11NO2S. The van der Waals surface area contributed by atoms with Crippen molar-refractivity contribution < 1.29 is 9.53 Å². The monoisotopic (exact) mass is 269 g/mol. The first kappa shape index (κ1) is 11.9. The topological polar surface area (TPSA) is 39.2 Å². The maximum Gasteiger partial charge on any atom is 0.221 e. The Hall–Kier alpha value is -2.20. The molecule has 19 heavy (non-hydrogen) atoms. The summed E-state index contributed by atoms with van der Waals surface area (Å²) in [7, 11) is 1.62. The number of aromatic nitrogens is 1. The van der Waals surface area contributed by atoms with E-state index in [0.717, 1.165) is 16.0 Å². The average Bonchev–Trinajstić information content (AvgIpc) is 2.90. The number of hydrogen-bond acceptors (Lipinski definition) is 4. The molecule has 0 saturated heterocycles. The highest BCUT2D eigenvalue weighted by atomic mass is 32.1. The van der Waals surface area contributed by atoms with Crippen LogP contribution in [0.2, 0.25) is 0 Å². The summed E-state index contributed by atoms with van der Waals surface area (Å²) in [6.45, 7) is 0. The van der Waals surface area contributed by atoms with Gasteiger partial charge in [0.25, 0.3) is 0 Å². The fourth-order valence-electron chi connectivity index (χ4n) is 1.84. The lowest BCUT2D eigenvalue weighted by Crippen LogP contribution is -1.99. The molecule has 0 amide bonds. The third-order valence-corrected chi connectivity index (χ3v) is 3.84. The molecule has 0 spiro atoms. The molecule has 4 heteroatoms. The van der Waals surface area contributed by atoms with Crippen molar-refractivity contribution in [2.45, 2.75) is 0 Å². The predicted octanol–water partition coefficient (Wildman–Crippen LogP) is 3.54. The van der Waals surface area contributed by atoms with Crippen molar-refractivity contribution >= 4 is 27.3 Å². The molecule has 0 aliphatic rings. The van der Waals surface area contributed by atoms with Crippen molar-refractivity contribution in [3.8, 4) is 5.75 Å². The molecule has 0 N–H and O–H groups in total. The van der Waals surface area contributed by atoms with E-state index < -0.39 is 0 Å². The zero-order chi connectivity index (χ0) is 13.2. The second kappa shape index (κ2) is 4.82. The van der Waals surface area contributed by atoms with Gasteiger partial charge < -0.3 is 4.74 Å². The van der Waals surface area contributed by atoms with Crippen LogP contribution in [0, 0.1) is 0 Å². The number of ether oxygens (including phenoxy) is 1. The molecule has 0 unspecified atom stereocenters. The van der Waals surface area contributed by atoms with Gasteiger partial charge in [-0.3, -0.25) is 4.79 Å². The Kier molecular flexibility index (Phi) is 3.01. The first-order valence-corrected chi connectivity index (χ1v) is 6.64. The summed E-state index contributed by atoms with van der Waals surface area (Å²) in [6.07, 6.45) is 0. The van der Waals surface area contributed by atoms with Crippen molar-refractivity contribution in [1.29, 1.82) is 0 Å². The molecule has 0 saturated carbocycles. The quantitative estimate of drug-likeness (QED) is 0.683. The maximum absolute atomic E-state index is 12.3. The highest BCUT2D eigenvalue weighted by Gasteiger charge is 2.14. The van der Waals surface area contributed by atoms with E-state index in [2.05, 4.69) is 4.98 Å². The molecule has 3 rings (SSSR count). The van der Waals surface area contributed by atoms with Crippen LogP contribution in [0.15, 0.2) is 48.5 Å². The number of rotatable bonds is 3. The maximum atomic E-state index is 12.3. The molecule has 0 aliphatic carbocycles. The smallest absolute Gasteiger partial charge is 0.221 e. The summed E-state index contributed by atoms with van der Waals surface area (Å²) in [5.74, 6) is 0.732. The molecule has 0 radical (unpaired) electrons. The lowest BCUT2D eigenvalue weighted by atomic mass is 10.1. The second-order valence-corrected chi connectivity index (χ2v) is 5.08. The summed E-state index contributed by atoms with van der Waals surface area (Å²) in [6, 6.07) is 14.8. The van der Waals surface area contributed by atoms with Crippen molar-refractivity contribution in [2.75, 3.05) is 7.11 Å². The van der Waals surface area contributed by atoms with Gasteiger partial charge in [0, 0.05) is 5.56 Å². The summed E-state index contributed by atoms with van der Waals surface area (Å²) < 4.78 is 6.13. The van der Waals surface area contributed by atoms with Crippen LogP contribution in [-0.4, -0.2) is 17.9 Å². The van der Waals surface area contributed by atoms with Crippen LogP contribution >= 0.6 is 11.3 Å². The number of thiazole rings is 1. The van der Waals surface area contributed by atoms with Gasteiger partial charge in [-0.25, -0.2) is 4.98 Å². The van der Waals surface area contributed by atoms with E-state index >= 15 is 0 Å². The largest absolute Gasteiger partial charge is 0.497 e. The van der Waals surface area contributed by atoms with E-state index in [1.165, 1.54) is 11.3 Å².